The summed E-state index contributed by atoms with van der Waals surface area (Å²) in [6.45, 7) is 4.84. The van der Waals surface area contributed by atoms with E-state index in [1.54, 1.807) is 30.5 Å². The lowest BCUT2D eigenvalue weighted by molar-refractivity contribution is -0.142. The largest absolute Gasteiger partial charge is 0.457 e. The van der Waals surface area contributed by atoms with Crippen molar-refractivity contribution in [3.05, 3.63) is 131 Å². The van der Waals surface area contributed by atoms with Gasteiger partial charge in [0.15, 0.2) is 0 Å². The number of hydrogen-bond donors (Lipinski definition) is 0. The molecule has 0 fully saturated rings. The van der Waals surface area contributed by atoms with Gasteiger partial charge >= 0.3 is 12.4 Å². The van der Waals surface area contributed by atoms with E-state index in [9.17, 15) is 26.3 Å². The zero-order valence-corrected chi connectivity index (χ0v) is 25.8. The Bertz CT molecular complexity index is 2320. The van der Waals surface area contributed by atoms with E-state index in [0.29, 0.717) is 29.3 Å². The Morgan fingerprint density at radius 2 is 1.29 bits per heavy atom. The third-order valence-electron chi connectivity index (χ3n) is 8.29. The first-order valence-electron chi connectivity index (χ1n) is 14.9. The number of hydrogen-bond acceptors (Lipinski definition) is 3. The van der Waals surface area contributed by atoms with Gasteiger partial charge in [0, 0.05) is 45.9 Å². The molecule has 0 aliphatic heterocycles. The molecule has 7 rings (SSSR count). The van der Waals surface area contributed by atoms with E-state index in [4.69, 9.17) is 4.74 Å². The lowest BCUT2D eigenvalue weighted by atomic mass is 9.92. The third kappa shape index (κ3) is 5.34. The number of alkyl halides is 6. The molecule has 7 aromatic rings. The van der Waals surface area contributed by atoms with Crippen molar-refractivity contribution in [1.82, 2.24) is 19.3 Å². The van der Waals surface area contributed by atoms with Crippen molar-refractivity contribution in [2.24, 2.45) is 0 Å². The molecule has 5 nitrogen and oxygen atoms in total. The van der Waals surface area contributed by atoms with Gasteiger partial charge in [-0.15, -0.1) is 0 Å². The minimum Gasteiger partial charge on any atom is -0.457 e. The summed E-state index contributed by atoms with van der Waals surface area (Å²) in [6.07, 6.45) is -8.28. The first kappa shape index (κ1) is 31.0. The van der Waals surface area contributed by atoms with E-state index in [-0.39, 0.29) is 17.0 Å². The van der Waals surface area contributed by atoms with Crippen LogP contribution in [0.4, 0.5) is 26.3 Å². The Labute approximate surface area is 270 Å². The number of pyridine rings is 1. The Kier molecular flexibility index (Phi) is 7.30. The van der Waals surface area contributed by atoms with Crippen LogP contribution in [-0.4, -0.2) is 19.3 Å². The Morgan fingerprint density at radius 3 is 2.00 bits per heavy atom. The SMILES string of the molecule is Cc1ccnc(-n2c3ccccc3c3ccc(Oc4cccc(-n5nc(C)c(-c6c(C(F)(F)F)cccc6C(F)(F)F)c5C)c4)cc32)c1. The standard InChI is InChI=1S/C37H26F6N4O/c1-21-16-17-44-33(18-21)46-31-13-5-4-10-27(31)28-15-14-26(20-32(28)46)48-25-9-6-8-24(19-25)47-23(3)34(22(2)45-47)35-29(36(38,39)40)11-7-12-30(35)37(41,42)43/h4-20H,1-3H3. The summed E-state index contributed by atoms with van der Waals surface area (Å²) >= 11 is 0. The smallest absolute Gasteiger partial charge is 0.417 e. The van der Waals surface area contributed by atoms with Gasteiger partial charge in [0.25, 0.3) is 0 Å². The predicted octanol–water partition coefficient (Wildman–Crippen LogP) is 10.8. The fraction of sp³-hybridized carbons (Fsp3) is 0.135. The van der Waals surface area contributed by atoms with E-state index in [0.717, 1.165) is 39.3 Å². The van der Waals surface area contributed by atoms with Crippen LogP contribution in [0, 0.1) is 20.8 Å². The van der Waals surface area contributed by atoms with E-state index in [1.807, 2.05) is 61.5 Å². The van der Waals surface area contributed by atoms with Gasteiger partial charge in [0.2, 0.25) is 0 Å². The molecule has 0 radical (unpaired) electrons. The number of aromatic nitrogens is 4. The van der Waals surface area contributed by atoms with Gasteiger partial charge in [0.1, 0.15) is 17.3 Å². The maximum Gasteiger partial charge on any atom is 0.417 e. The summed E-state index contributed by atoms with van der Waals surface area (Å²) in [6, 6.07) is 26.4. The number of ether oxygens (including phenoxy) is 1. The van der Waals surface area contributed by atoms with Gasteiger partial charge in [-0.05, 0) is 80.9 Å². The molecule has 0 atom stereocenters. The molecule has 48 heavy (non-hydrogen) atoms. The number of rotatable bonds is 5. The summed E-state index contributed by atoms with van der Waals surface area (Å²) in [5.41, 5.74) is -0.506. The maximum atomic E-state index is 14.0. The number of para-hydroxylation sites is 1. The summed E-state index contributed by atoms with van der Waals surface area (Å²) in [5.74, 6) is 1.66. The van der Waals surface area contributed by atoms with Crippen molar-refractivity contribution in [2.75, 3.05) is 0 Å². The molecule has 3 aromatic heterocycles. The van der Waals surface area contributed by atoms with Gasteiger partial charge in [-0.3, -0.25) is 4.57 Å². The lowest BCUT2D eigenvalue weighted by Gasteiger charge is -2.19. The molecule has 0 saturated carbocycles. The second kappa shape index (κ2) is 11.3. The van der Waals surface area contributed by atoms with Crippen LogP contribution in [0.15, 0.2) is 103 Å². The Morgan fingerprint density at radius 1 is 0.625 bits per heavy atom. The van der Waals surface area contributed by atoms with Crippen LogP contribution in [0.25, 0.3) is 44.4 Å². The highest BCUT2D eigenvalue weighted by molar-refractivity contribution is 6.09. The van der Waals surface area contributed by atoms with Gasteiger partial charge in [-0.2, -0.15) is 31.4 Å². The molecule has 0 unspecified atom stereocenters. The molecular weight excluding hydrogens is 630 g/mol. The fourth-order valence-electron chi connectivity index (χ4n) is 6.27. The van der Waals surface area contributed by atoms with Crippen LogP contribution in [0.2, 0.25) is 0 Å². The van der Waals surface area contributed by atoms with Crippen molar-refractivity contribution < 1.29 is 31.1 Å². The third-order valence-corrected chi connectivity index (χ3v) is 8.29. The summed E-state index contributed by atoms with van der Waals surface area (Å²) in [5, 5.41) is 6.43. The zero-order valence-electron chi connectivity index (χ0n) is 25.8. The topological polar surface area (TPSA) is 44.9 Å². The molecule has 0 aliphatic rings. The molecular formula is C37H26F6N4O. The minimum absolute atomic E-state index is 0.0176. The highest BCUT2D eigenvalue weighted by atomic mass is 19.4. The second-order valence-corrected chi connectivity index (χ2v) is 11.5. The van der Waals surface area contributed by atoms with Crippen molar-refractivity contribution in [2.45, 2.75) is 33.1 Å². The monoisotopic (exact) mass is 656 g/mol. The molecule has 242 valence electrons. The maximum absolute atomic E-state index is 14.0. The van der Waals surface area contributed by atoms with Crippen LogP contribution in [0.1, 0.15) is 28.1 Å². The number of fused-ring (bicyclic) bond motifs is 3. The molecule has 4 aromatic carbocycles. The van der Waals surface area contributed by atoms with Crippen LogP contribution in [0.5, 0.6) is 11.5 Å². The molecule has 0 amide bonds. The number of halogens is 6. The molecule has 0 bridgehead atoms. The van der Waals surface area contributed by atoms with E-state index in [2.05, 4.69) is 14.6 Å². The fourth-order valence-corrected chi connectivity index (χ4v) is 6.27. The molecule has 0 saturated heterocycles. The Hall–Kier alpha value is -5.58. The summed E-state index contributed by atoms with van der Waals surface area (Å²) in [7, 11) is 0. The van der Waals surface area contributed by atoms with Gasteiger partial charge in [-0.1, -0.05) is 30.3 Å². The van der Waals surface area contributed by atoms with Crippen LogP contribution in [0.3, 0.4) is 0 Å². The first-order chi connectivity index (χ1) is 22.8. The quantitative estimate of drug-likeness (QED) is 0.173. The summed E-state index contributed by atoms with van der Waals surface area (Å²) < 4.78 is 93.9. The van der Waals surface area contributed by atoms with Gasteiger partial charge in [0.05, 0.1) is 33.5 Å². The van der Waals surface area contributed by atoms with Gasteiger partial charge in [-0.25, -0.2) is 9.67 Å². The number of nitrogens with zero attached hydrogens (tertiary/aromatic N) is 4. The van der Waals surface area contributed by atoms with Crippen molar-refractivity contribution >= 4 is 21.8 Å². The average Bonchev–Trinajstić information content (AvgIpc) is 3.52. The van der Waals surface area contributed by atoms with Crippen LogP contribution in [-0.2, 0) is 12.4 Å². The van der Waals surface area contributed by atoms with Crippen LogP contribution >= 0.6 is 0 Å². The second-order valence-electron chi connectivity index (χ2n) is 11.5. The molecule has 0 aliphatic carbocycles. The highest BCUT2D eigenvalue weighted by Gasteiger charge is 2.42. The van der Waals surface area contributed by atoms with E-state index in [1.165, 1.54) is 18.5 Å². The van der Waals surface area contributed by atoms with Crippen molar-refractivity contribution in [1.29, 1.82) is 0 Å². The average molecular weight is 657 g/mol. The molecule has 3 heterocycles. The predicted molar refractivity (Wildman–Crippen MR) is 172 cm³/mol. The first-order valence-corrected chi connectivity index (χ1v) is 14.9. The number of benzene rings is 4. The van der Waals surface area contributed by atoms with E-state index < -0.39 is 29.0 Å². The Balaban J connectivity index is 1.30. The van der Waals surface area contributed by atoms with Gasteiger partial charge < -0.3 is 4.74 Å². The zero-order chi connectivity index (χ0) is 34.0. The summed E-state index contributed by atoms with van der Waals surface area (Å²) in [4.78, 5) is 4.61. The van der Waals surface area contributed by atoms with Crippen molar-refractivity contribution in [3.63, 3.8) is 0 Å². The highest BCUT2D eigenvalue weighted by Crippen LogP contribution is 2.46. The normalized spacial score (nSPS) is 12.3. The van der Waals surface area contributed by atoms with E-state index >= 15 is 0 Å². The molecule has 0 N–H and O–H groups in total. The lowest BCUT2D eigenvalue weighted by Crippen LogP contribution is -2.14. The van der Waals surface area contributed by atoms with Crippen molar-refractivity contribution in [3.8, 4) is 34.1 Å². The minimum atomic E-state index is -5.02. The number of aryl methyl sites for hydroxylation is 2. The molecule has 0 spiro atoms. The molecule has 11 heteroatoms. The van der Waals surface area contributed by atoms with Crippen LogP contribution < -0.4 is 4.74 Å².